The number of nitrogens with one attached hydrogen (secondary N) is 1. The number of anilines is 1. The number of amides is 2. The Kier molecular flexibility index (Phi) is 11.4. The molecule has 0 unspecified atom stereocenters. The van der Waals surface area contributed by atoms with Gasteiger partial charge < -0.3 is 10.2 Å². The molecule has 0 aromatic heterocycles. The topological polar surface area (TPSA) is 86.8 Å². The SMILES string of the molecule is Cc1ccccc1CN(C(=O)CN(c1ccccc1C)S(=O)(=O)c1ccc(Cl)cc1)[C@@H](Cc1ccccc1)C(=O)NCC(C)C. The molecule has 236 valence electrons. The van der Waals surface area contributed by atoms with Crippen LogP contribution in [0.25, 0.3) is 0 Å². The highest BCUT2D eigenvalue weighted by molar-refractivity contribution is 7.92. The molecular formula is C36H40ClN3O4S. The number of sulfonamides is 1. The molecular weight excluding hydrogens is 606 g/mol. The fraction of sp³-hybridized carbons (Fsp3) is 0.278. The van der Waals surface area contributed by atoms with E-state index in [1.807, 2.05) is 81.4 Å². The van der Waals surface area contributed by atoms with Crippen molar-refractivity contribution in [3.8, 4) is 0 Å². The molecule has 0 radical (unpaired) electrons. The van der Waals surface area contributed by atoms with Crippen LogP contribution in [0.4, 0.5) is 5.69 Å². The molecule has 4 aromatic carbocycles. The third-order valence-corrected chi connectivity index (χ3v) is 9.65. The number of benzene rings is 4. The summed E-state index contributed by atoms with van der Waals surface area (Å²) in [6.07, 6.45) is 0.261. The number of aryl methyl sites for hydroxylation is 2. The Morgan fingerprint density at radius 2 is 1.40 bits per heavy atom. The number of hydrogen-bond acceptors (Lipinski definition) is 4. The van der Waals surface area contributed by atoms with Crippen LogP contribution in [0, 0.1) is 19.8 Å². The minimum atomic E-state index is -4.20. The minimum Gasteiger partial charge on any atom is -0.354 e. The van der Waals surface area contributed by atoms with Gasteiger partial charge in [-0.1, -0.05) is 98.2 Å². The third kappa shape index (κ3) is 8.74. The average Bonchev–Trinajstić information content (AvgIpc) is 3.02. The maximum absolute atomic E-state index is 14.6. The zero-order valence-corrected chi connectivity index (χ0v) is 27.7. The summed E-state index contributed by atoms with van der Waals surface area (Å²) in [6, 6.07) is 29.2. The third-order valence-electron chi connectivity index (χ3n) is 7.62. The van der Waals surface area contributed by atoms with Crippen molar-refractivity contribution in [2.45, 2.75) is 51.6 Å². The summed E-state index contributed by atoms with van der Waals surface area (Å²) in [4.78, 5) is 30.0. The maximum Gasteiger partial charge on any atom is 0.264 e. The maximum atomic E-state index is 14.6. The molecule has 0 fully saturated rings. The van der Waals surface area contributed by atoms with Crippen LogP contribution in [-0.2, 0) is 32.6 Å². The van der Waals surface area contributed by atoms with Crippen LogP contribution >= 0.6 is 11.6 Å². The highest BCUT2D eigenvalue weighted by Gasteiger charge is 2.35. The van der Waals surface area contributed by atoms with Gasteiger partial charge in [-0.05, 0) is 72.4 Å². The van der Waals surface area contributed by atoms with E-state index >= 15 is 0 Å². The first-order valence-electron chi connectivity index (χ1n) is 15.0. The fourth-order valence-corrected chi connectivity index (χ4v) is 6.64. The monoisotopic (exact) mass is 645 g/mol. The van der Waals surface area contributed by atoms with Crippen molar-refractivity contribution in [3.63, 3.8) is 0 Å². The number of hydrogen-bond donors (Lipinski definition) is 1. The van der Waals surface area contributed by atoms with E-state index in [9.17, 15) is 18.0 Å². The lowest BCUT2D eigenvalue weighted by Crippen LogP contribution is -2.54. The summed E-state index contributed by atoms with van der Waals surface area (Å²) in [7, 11) is -4.20. The molecule has 2 amide bonds. The van der Waals surface area contributed by atoms with E-state index < -0.39 is 28.5 Å². The molecule has 1 N–H and O–H groups in total. The highest BCUT2D eigenvalue weighted by atomic mass is 35.5. The number of nitrogens with zero attached hydrogens (tertiary/aromatic N) is 2. The highest BCUT2D eigenvalue weighted by Crippen LogP contribution is 2.28. The Labute approximate surface area is 271 Å². The van der Waals surface area contributed by atoms with E-state index in [4.69, 9.17) is 11.6 Å². The van der Waals surface area contributed by atoms with Crippen molar-refractivity contribution < 1.29 is 18.0 Å². The van der Waals surface area contributed by atoms with Crippen molar-refractivity contribution in [1.82, 2.24) is 10.2 Å². The summed E-state index contributed by atoms with van der Waals surface area (Å²) in [5, 5.41) is 3.41. The summed E-state index contributed by atoms with van der Waals surface area (Å²) < 4.78 is 29.5. The zero-order valence-electron chi connectivity index (χ0n) is 26.1. The van der Waals surface area contributed by atoms with Gasteiger partial charge in [0.15, 0.2) is 0 Å². The summed E-state index contributed by atoms with van der Waals surface area (Å²) >= 11 is 6.07. The van der Waals surface area contributed by atoms with Crippen molar-refractivity contribution >= 4 is 39.1 Å². The second-order valence-corrected chi connectivity index (χ2v) is 13.8. The van der Waals surface area contributed by atoms with Crippen LogP contribution in [0.1, 0.15) is 36.1 Å². The second-order valence-electron chi connectivity index (χ2n) is 11.5. The molecule has 9 heteroatoms. The Bertz CT molecular complexity index is 1710. The van der Waals surface area contributed by atoms with Crippen molar-refractivity contribution in [2.75, 3.05) is 17.4 Å². The number of para-hydroxylation sites is 1. The van der Waals surface area contributed by atoms with E-state index in [2.05, 4.69) is 5.32 Å². The van der Waals surface area contributed by atoms with Gasteiger partial charge in [0.05, 0.1) is 10.6 Å². The van der Waals surface area contributed by atoms with Crippen LogP contribution < -0.4 is 9.62 Å². The summed E-state index contributed by atoms with van der Waals surface area (Å²) in [6.45, 7) is 7.82. The normalized spacial score (nSPS) is 12.0. The van der Waals surface area contributed by atoms with Crippen LogP contribution in [-0.4, -0.2) is 44.3 Å². The minimum absolute atomic E-state index is 0.00363. The standard InChI is InChI=1S/C36H40ClN3O4S/c1-26(2)23-38-36(42)34(22-29-14-6-5-7-15-29)39(24-30-16-10-8-12-27(30)3)35(41)25-40(33-17-11-9-13-28(33)4)45(43,44)32-20-18-31(37)19-21-32/h5-21,26,34H,22-25H2,1-4H3,(H,38,42)/t34-/m0/s1. The fourth-order valence-electron chi connectivity index (χ4n) is 5.04. The molecule has 7 nitrogen and oxygen atoms in total. The van der Waals surface area contributed by atoms with Gasteiger partial charge in [-0.2, -0.15) is 0 Å². The Morgan fingerprint density at radius 3 is 2.02 bits per heavy atom. The number of carbonyl (C=O) groups is 2. The smallest absolute Gasteiger partial charge is 0.264 e. The first kappa shape index (κ1) is 33.7. The number of halogens is 1. The molecule has 0 spiro atoms. The first-order chi connectivity index (χ1) is 21.5. The first-order valence-corrected chi connectivity index (χ1v) is 16.8. The Morgan fingerprint density at radius 1 is 0.800 bits per heavy atom. The largest absolute Gasteiger partial charge is 0.354 e. The molecule has 1 atom stereocenters. The van der Waals surface area contributed by atoms with Crippen LogP contribution in [0.5, 0.6) is 0 Å². The lowest BCUT2D eigenvalue weighted by molar-refractivity contribution is -0.140. The van der Waals surface area contributed by atoms with Crippen LogP contribution in [0.15, 0.2) is 108 Å². The zero-order chi connectivity index (χ0) is 32.6. The van der Waals surface area contributed by atoms with Gasteiger partial charge in [0.1, 0.15) is 12.6 Å². The van der Waals surface area contributed by atoms with Crippen molar-refractivity contribution in [2.24, 2.45) is 5.92 Å². The van der Waals surface area contributed by atoms with E-state index in [1.54, 1.807) is 25.1 Å². The van der Waals surface area contributed by atoms with Gasteiger partial charge in [0.2, 0.25) is 11.8 Å². The molecule has 4 rings (SSSR count). The molecule has 0 heterocycles. The van der Waals surface area contributed by atoms with E-state index in [0.29, 0.717) is 22.8 Å². The van der Waals surface area contributed by atoms with Gasteiger partial charge in [-0.15, -0.1) is 0 Å². The molecule has 45 heavy (non-hydrogen) atoms. The van der Waals surface area contributed by atoms with Crippen LogP contribution in [0.2, 0.25) is 5.02 Å². The summed E-state index contributed by atoms with van der Waals surface area (Å²) in [5.41, 5.74) is 3.77. The van der Waals surface area contributed by atoms with Crippen molar-refractivity contribution in [3.05, 3.63) is 130 Å². The molecule has 0 aliphatic carbocycles. The number of rotatable bonds is 13. The van der Waals surface area contributed by atoms with E-state index in [1.165, 1.54) is 29.2 Å². The molecule has 4 aromatic rings. The molecule has 0 aliphatic heterocycles. The van der Waals surface area contributed by atoms with Gasteiger partial charge >= 0.3 is 0 Å². The second kappa shape index (κ2) is 15.2. The van der Waals surface area contributed by atoms with Crippen LogP contribution in [0.3, 0.4) is 0 Å². The lowest BCUT2D eigenvalue weighted by Gasteiger charge is -2.34. The van der Waals surface area contributed by atoms with Gasteiger partial charge in [-0.3, -0.25) is 13.9 Å². The van der Waals surface area contributed by atoms with Gasteiger partial charge in [-0.25, -0.2) is 8.42 Å². The predicted molar refractivity (Wildman–Crippen MR) is 181 cm³/mol. The average molecular weight is 646 g/mol. The van der Waals surface area contributed by atoms with E-state index in [-0.39, 0.29) is 29.7 Å². The molecule has 0 saturated heterocycles. The Hall–Kier alpha value is -4.14. The predicted octanol–water partition coefficient (Wildman–Crippen LogP) is 6.56. The molecule has 0 saturated carbocycles. The number of carbonyl (C=O) groups excluding carboxylic acids is 2. The summed E-state index contributed by atoms with van der Waals surface area (Å²) in [5.74, 6) is -0.593. The van der Waals surface area contributed by atoms with Gasteiger partial charge in [0, 0.05) is 24.5 Å². The van der Waals surface area contributed by atoms with E-state index in [0.717, 1.165) is 21.0 Å². The Balaban J connectivity index is 1.81. The quantitative estimate of drug-likeness (QED) is 0.178. The molecule has 0 bridgehead atoms. The molecule has 0 aliphatic rings. The van der Waals surface area contributed by atoms with Gasteiger partial charge in [0.25, 0.3) is 10.0 Å². The van der Waals surface area contributed by atoms with Crippen molar-refractivity contribution in [1.29, 1.82) is 0 Å². The lowest BCUT2D eigenvalue weighted by atomic mass is 10.0.